The van der Waals surface area contributed by atoms with Gasteiger partial charge in [0, 0.05) is 12.5 Å². The summed E-state index contributed by atoms with van der Waals surface area (Å²) in [6.07, 6.45) is -0.255. The average molecular weight is 233 g/mol. The number of fused-ring (bicyclic) bond motifs is 1. The van der Waals surface area contributed by atoms with E-state index in [9.17, 15) is 4.79 Å². The van der Waals surface area contributed by atoms with E-state index < -0.39 is 5.60 Å². The predicted molar refractivity (Wildman–Crippen MR) is 68.4 cm³/mol. The molecule has 92 valence electrons. The van der Waals surface area contributed by atoms with E-state index in [0.29, 0.717) is 12.5 Å². The quantitative estimate of drug-likeness (QED) is 0.686. The molecule has 3 heteroatoms. The van der Waals surface area contributed by atoms with Crippen LogP contribution < -0.4 is 4.90 Å². The summed E-state index contributed by atoms with van der Waals surface area (Å²) in [7, 11) is 0. The summed E-state index contributed by atoms with van der Waals surface area (Å²) in [5.74, 6) is 0.374. The van der Waals surface area contributed by atoms with Crippen LogP contribution in [0.2, 0.25) is 0 Å². The molecule has 0 saturated heterocycles. The van der Waals surface area contributed by atoms with Gasteiger partial charge in [0.25, 0.3) is 0 Å². The molecular weight excluding hydrogens is 214 g/mol. The molecular formula is C14H19NO2. The minimum Gasteiger partial charge on any atom is -0.443 e. The number of amides is 1. The first-order valence-corrected chi connectivity index (χ1v) is 5.98. The van der Waals surface area contributed by atoms with Crippen LogP contribution in [-0.2, 0) is 4.74 Å². The molecule has 3 nitrogen and oxygen atoms in total. The minimum atomic E-state index is -0.447. The van der Waals surface area contributed by atoms with E-state index in [1.54, 1.807) is 4.90 Å². The first-order chi connectivity index (χ1) is 7.88. The van der Waals surface area contributed by atoms with Gasteiger partial charge < -0.3 is 4.74 Å². The minimum absolute atomic E-state index is 0.255. The van der Waals surface area contributed by atoms with Crippen LogP contribution >= 0.6 is 0 Å². The van der Waals surface area contributed by atoms with Gasteiger partial charge in [0.2, 0.25) is 0 Å². The topological polar surface area (TPSA) is 29.5 Å². The van der Waals surface area contributed by atoms with Crippen molar-refractivity contribution < 1.29 is 9.53 Å². The van der Waals surface area contributed by atoms with Gasteiger partial charge in [0.15, 0.2) is 0 Å². The number of carbonyl (C=O) groups is 1. The van der Waals surface area contributed by atoms with E-state index in [-0.39, 0.29) is 6.09 Å². The molecule has 1 unspecified atom stereocenters. The van der Waals surface area contributed by atoms with Crippen molar-refractivity contribution in [3.05, 3.63) is 29.8 Å². The fourth-order valence-corrected chi connectivity index (χ4v) is 2.11. The molecule has 0 aliphatic carbocycles. The third-order valence-corrected chi connectivity index (χ3v) is 2.83. The van der Waals surface area contributed by atoms with Gasteiger partial charge in [-0.15, -0.1) is 0 Å². The normalized spacial score (nSPS) is 19.1. The van der Waals surface area contributed by atoms with Crippen LogP contribution in [0.1, 0.15) is 39.2 Å². The van der Waals surface area contributed by atoms with Crippen LogP contribution in [-0.4, -0.2) is 18.2 Å². The zero-order chi connectivity index (χ0) is 12.6. The van der Waals surface area contributed by atoms with E-state index in [2.05, 4.69) is 13.0 Å². The van der Waals surface area contributed by atoms with E-state index in [1.807, 2.05) is 39.0 Å². The van der Waals surface area contributed by atoms with Gasteiger partial charge in [-0.3, -0.25) is 4.90 Å². The monoisotopic (exact) mass is 233 g/mol. The maximum atomic E-state index is 12.1. The molecule has 1 aromatic carbocycles. The van der Waals surface area contributed by atoms with Crippen molar-refractivity contribution >= 4 is 11.8 Å². The maximum absolute atomic E-state index is 12.1. The Balaban J connectivity index is 2.23. The number of carbonyl (C=O) groups excluding carboxylic acids is 1. The fourth-order valence-electron chi connectivity index (χ4n) is 2.11. The van der Waals surface area contributed by atoms with Gasteiger partial charge in [0.05, 0.1) is 5.69 Å². The number of benzene rings is 1. The van der Waals surface area contributed by atoms with E-state index in [1.165, 1.54) is 5.56 Å². The Morgan fingerprint density at radius 2 is 2.00 bits per heavy atom. The number of hydrogen-bond donors (Lipinski definition) is 0. The summed E-state index contributed by atoms with van der Waals surface area (Å²) >= 11 is 0. The highest BCUT2D eigenvalue weighted by molar-refractivity contribution is 5.91. The molecule has 0 N–H and O–H groups in total. The largest absolute Gasteiger partial charge is 0.443 e. The number of hydrogen-bond acceptors (Lipinski definition) is 2. The molecule has 0 fully saturated rings. The van der Waals surface area contributed by atoms with Gasteiger partial charge in [0.1, 0.15) is 5.60 Å². The smallest absolute Gasteiger partial charge is 0.414 e. The Kier molecular flexibility index (Phi) is 2.86. The van der Waals surface area contributed by atoms with Gasteiger partial charge in [-0.2, -0.15) is 0 Å². The summed E-state index contributed by atoms with van der Waals surface area (Å²) in [6.45, 7) is 8.49. The zero-order valence-electron chi connectivity index (χ0n) is 10.9. The molecule has 0 radical (unpaired) electrons. The highest BCUT2D eigenvalue weighted by Gasteiger charge is 2.32. The molecule has 17 heavy (non-hydrogen) atoms. The molecule has 0 aromatic heterocycles. The lowest BCUT2D eigenvalue weighted by Gasteiger charge is -2.24. The van der Waals surface area contributed by atoms with Crippen LogP contribution in [0.15, 0.2) is 24.3 Å². The zero-order valence-corrected chi connectivity index (χ0v) is 10.9. The summed E-state index contributed by atoms with van der Waals surface area (Å²) in [5.41, 5.74) is 1.75. The number of rotatable bonds is 0. The molecule has 1 aromatic rings. The number of anilines is 1. The second kappa shape index (κ2) is 4.06. The Hall–Kier alpha value is -1.51. The van der Waals surface area contributed by atoms with Crippen LogP contribution in [0.3, 0.4) is 0 Å². The lowest BCUT2D eigenvalue weighted by atomic mass is 10.0. The Labute approximate surface area is 102 Å². The van der Waals surface area contributed by atoms with Gasteiger partial charge >= 0.3 is 6.09 Å². The van der Waals surface area contributed by atoms with Crippen molar-refractivity contribution in [2.24, 2.45) is 0 Å². The van der Waals surface area contributed by atoms with Crippen molar-refractivity contribution in [3.8, 4) is 0 Å². The van der Waals surface area contributed by atoms with Crippen LogP contribution in [0, 0.1) is 0 Å². The van der Waals surface area contributed by atoms with E-state index in [0.717, 1.165) is 5.69 Å². The standard InChI is InChI=1S/C14H19NO2/c1-10-9-15(13(16)17-14(2,3)4)12-8-6-5-7-11(10)12/h5-8,10H,9H2,1-4H3. The molecule has 0 bridgehead atoms. The second-order valence-electron chi connectivity index (χ2n) is 5.55. The third kappa shape index (κ3) is 2.43. The number of para-hydroxylation sites is 1. The van der Waals surface area contributed by atoms with Gasteiger partial charge in [-0.25, -0.2) is 4.79 Å². The second-order valence-corrected chi connectivity index (χ2v) is 5.55. The molecule has 1 aliphatic rings. The molecule has 0 spiro atoms. The molecule has 1 heterocycles. The van der Waals surface area contributed by atoms with Crippen molar-refractivity contribution in [2.75, 3.05) is 11.4 Å². The van der Waals surface area contributed by atoms with Crippen molar-refractivity contribution in [1.29, 1.82) is 0 Å². The average Bonchev–Trinajstić information content (AvgIpc) is 2.55. The van der Waals surface area contributed by atoms with Gasteiger partial charge in [-0.05, 0) is 32.4 Å². The van der Waals surface area contributed by atoms with Gasteiger partial charge in [-0.1, -0.05) is 25.1 Å². The Bertz CT molecular complexity index is 434. The summed E-state index contributed by atoms with van der Waals surface area (Å²) < 4.78 is 5.41. The molecule has 1 atom stereocenters. The third-order valence-electron chi connectivity index (χ3n) is 2.83. The number of ether oxygens (including phenoxy) is 1. The van der Waals surface area contributed by atoms with Crippen molar-refractivity contribution in [1.82, 2.24) is 0 Å². The molecule has 2 rings (SSSR count). The van der Waals surface area contributed by atoms with Crippen LogP contribution in [0.25, 0.3) is 0 Å². The Morgan fingerprint density at radius 1 is 1.35 bits per heavy atom. The highest BCUT2D eigenvalue weighted by Crippen LogP contribution is 2.36. The Morgan fingerprint density at radius 3 is 2.65 bits per heavy atom. The predicted octanol–water partition coefficient (Wildman–Crippen LogP) is 3.55. The first kappa shape index (κ1) is 12.0. The SMILES string of the molecule is CC1CN(C(=O)OC(C)(C)C)c2ccccc21. The number of nitrogens with zero attached hydrogens (tertiary/aromatic N) is 1. The van der Waals surface area contributed by atoms with Crippen molar-refractivity contribution in [3.63, 3.8) is 0 Å². The van der Waals surface area contributed by atoms with E-state index >= 15 is 0 Å². The summed E-state index contributed by atoms with van der Waals surface area (Å²) in [6, 6.07) is 8.01. The lowest BCUT2D eigenvalue weighted by Crippen LogP contribution is -2.36. The first-order valence-electron chi connectivity index (χ1n) is 5.98. The lowest BCUT2D eigenvalue weighted by molar-refractivity contribution is 0.0582. The summed E-state index contributed by atoms with van der Waals surface area (Å²) in [4.78, 5) is 13.8. The molecule has 1 aliphatic heterocycles. The maximum Gasteiger partial charge on any atom is 0.414 e. The summed E-state index contributed by atoms with van der Waals surface area (Å²) in [5, 5.41) is 0. The van der Waals surface area contributed by atoms with Crippen LogP contribution in [0.5, 0.6) is 0 Å². The van der Waals surface area contributed by atoms with Crippen molar-refractivity contribution in [2.45, 2.75) is 39.2 Å². The fraction of sp³-hybridized carbons (Fsp3) is 0.500. The highest BCUT2D eigenvalue weighted by atomic mass is 16.6. The molecule has 1 amide bonds. The van der Waals surface area contributed by atoms with E-state index in [4.69, 9.17) is 4.74 Å². The molecule has 0 saturated carbocycles. The van der Waals surface area contributed by atoms with Crippen LogP contribution in [0.4, 0.5) is 10.5 Å².